The van der Waals surface area contributed by atoms with Crippen LogP contribution in [0.5, 0.6) is 5.75 Å². The van der Waals surface area contributed by atoms with Gasteiger partial charge in [-0.05, 0) is 60.9 Å². The normalized spacial score (nSPS) is 11.2. The van der Waals surface area contributed by atoms with Crippen LogP contribution < -0.4 is 15.6 Å². The summed E-state index contributed by atoms with van der Waals surface area (Å²) in [6.45, 7) is 4.35. The lowest BCUT2D eigenvalue weighted by molar-refractivity contribution is -0.118. The first-order valence-corrected chi connectivity index (χ1v) is 12.4. The van der Waals surface area contributed by atoms with Gasteiger partial charge in [0.05, 0.1) is 29.5 Å². The zero-order valence-electron chi connectivity index (χ0n) is 20.2. The molecular weight excluding hydrogens is 474 g/mol. The quantitative estimate of drug-likeness (QED) is 0.340. The molecule has 0 aliphatic heterocycles. The predicted octanol–water partition coefficient (Wildman–Crippen LogP) is 4.07. The molecule has 8 nitrogen and oxygen atoms in total. The number of hydrogen-bond acceptors (Lipinski definition) is 6. The second kappa shape index (κ2) is 9.87. The van der Waals surface area contributed by atoms with Crippen LogP contribution >= 0.6 is 11.8 Å². The summed E-state index contributed by atoms with van der Waals surface area (Å²) in [6, 6.07) is 20.9. The third-order valence-corrected chi connectivity index (χ3v) is 6.89. The van der Waals surface area contributed by atoms with Gasteiger partial charge < -0.3 is 10.1 Å². The van der Waals surface area contributed by atoms with Crippen LogP contribution in [0.25, 0.3) is 22.4 Å². The molecule has 182 valence electrons. The van der Waals surface area contributed by atoms with Crippen LogP contribution in [0, 0.1) is 13.8 Å². The van der Waals surface area contributed by atoms with Gasteiger partial charge in [0.2, 0.25) is 11.7 Å². The smallest absolute Gasteiger partial charge is 0.267 e. The molecule has 1 N–H and O–H groups in total. The number of carbonyl (C=O) groups is 1. The van der Waals surface area contributed by atoms with Gasteiger partial charge in [0.25, 0.3) is 5.56 Å². The van der Waals surface area contributed by atoms with Gasteiger partial charge in [0, 0.05) is 6.54 Å². The maximum Gasteiger partial charge on any atom is 0.267 e. The van der Waals surface area contributed by atoms with Crippen molar-refractivity contribution in [3.63, 3.8) is 0 Å². The number of nitrogens with zero attached hydrogens (tertiary/aromatic N) is 4. The van der Waals surface area contributed by atoms with Crippen LogP contribution in [0.1, 0.15) is 16.7 Å². The average Bonchev–Trinajstić information content (AvgIpc) is 3.32. The van der Waals surface area contributed by atoms with Gasteiger partial charge in [0.15, 0.2) is 5.16 Å². The van der Waals surface area contributed by atoms with E-state index in [-0.39, 0.29) is 17.2 Å². The molecule has 5 rings (SSSR count). The zero-order valence-corrected chi connectivity index (χ0v) is 21.0. The van der Waals surface area contributed by atoms with Crippen molar-refractivity contribution in [1.29, 1.82) is 0 Å². The second-order valence-electron chi connectivity index (χ2n) is 8.48. The molecule has 5 aromatic rings. The maximum atomic E-state index is 13.5. The molecule has 0 radical (unpaired) electrons. The highest BCUT2D eigenvalue weighted by Gasteiger charge is 2.19. The number of aryl methyl sites for hydroxylation is 2. The number of aromatic nitrogens is 4. The molecule has 0 atom stereocenters. The lowest BCUT2D eigenvalue weighted by Crippen LogP contribution is -2.25. The second-order valence-corrected chi connectivity index (χ2v) is 9.43. The summed E-state index contributed by atoms with van der Waals surface area (Å²) < 4.78 is 8.69. The lowest BCUT2D eigenvalue weighted by atomic mass is 10.1. The Balaban J connectivity index is 1.48. The van der Waals surface area contributed by atoms with E-state index in [0.717, 1.165) is 28.1 Å². The fourth-order valence-corrected chi connectivity index (χ4v) is 4.88. The Kier molecular flexibility index (Phi) is 6.47. The van der Waals surface area contributed by atoms with Crippen molar-refractivity contribution in [2.24, 2.45) is 0 Å². The Labute approximate surface area is 211 Å². The van der Waals surface area contributed by atoms with Gasteiger partial charge in [-0.1, -0.05) is 48.2 Å². The van der Waals surface area contributed by atoms with E-state index in [9.17, 15) is 9.59 Å². The fraction of sp³-hybridized carbons (Fsp3) is 0.185. The van der Waals surface area contributed by atoms with Crippen molar-refractivity contribution < 1.29 is 9.53 Å². The minimum Gasteiger partial charge on any atom is -0.497 e. The Morgan fingerprint density at radius 3 is 2.69 bits per heavy atom. The van der Waals surface area contributed by atoms with Crippen molar-refractivity contribution in [3.8, 4) is 11.4 Å². The SMILES string of the molecule is COc1cccc(CNC(=O)CSc2nnc3n(-c4cc(C)ccc4C)c(=O)c4ccccc4n23)c1. The topological polar surface area (TPSA) is 90.5 Å². The van der Waals surface area contributed by atoms with Gasteiger partial charge in [0.1, 0.15) is 5.75 Å². The molecule has 2 heterocycles. The highest BCUT2D eigenvalue weighted by atomic mass is 32.2. The molecule has 9 heteroatoms. The van der Waals surface area contributed by atoms with Crippen molar-refractivity contribution in [1.82, 2.24) is 24.5 Å². The fourth-order valence-electron chi connectivity index (χ4n) is 4.11. The number of methoxy groups -OCH3 is 1. The largest absolute Gasteiger partial charge is 0.497 e. The van der Waals surface area contributed by atoms with Crippen molar-refractivity contribution in [2.75, 3.05) is 12.9 Å². The van der Waals surface area contributed by atoms with E-state index >= 15 is 0 Å². The average molecular weight is 500 g/mol. The van der Waals surface area contributed by atoms with Gasteiger partial charge in [-0.3, -0.25) is 14.0 Å². The summed E-state index contributed by atoms with van der Waals surface area (Å²) in [5, 5.41) is 12.8. The standard InChI is InChI=1S/C27H25N5O3S/c1-17-11-12-18(2)23(13-17)31-25(34)21-9-4-5-10-22(21)32-26(31)29-30-27(32)36-16-24(33)28-15-19-7-6-8-20(14-19)35-3/h4-14H,15-16H2,1-3H3,(H,28,33). The molecular formula is C27H25N5O3S. The van der Waals surface area contributed by atoms with Crippen LogP contribution in [0.2, 0.25) is 0 Å². The highest BCUT2D eigenvalue weighted by molar-refractivity contribution is 7.99. The minimum absolute atomic E-state index is 0.133. The summed E-state index contributed by atoms with van der Waals surface area (Å²) in [7, 11) is 1.61. The van der Waals surface area contributed by atoms with Crippen LogP contribution in [0.4, 0.5) is 0 Å². The number of ether oxygens (including phenoxy) is 1. The first-order chi connectivity index (χ1) is 17.5. The number of amides is 1. The minimum atomic E-state index is -0.160. The molecule has 0 fully saturated rings. The Hall–Kier alpha value is -4.11. The molecule has 2 aromatic heterocycles. The first kappa shape index (κ1) is 23.6. The molecule has 3 aromatic carbocycles. The summed E-state index contributed by atoms with van der Waals surface area (Å²) in [6.07, 6.45) is 0. The van der Waals surface area contributed by atoms with Gasteiger partial charge in [-0.15, -0.1) is 10.2 Å². The van der Waals surface area contributed by atoms with E-state index in [0.29, 0.717) is 28.4 Å². The van der Waals surface area contributed by atoms with E-state index < -0.39 is 0 Å². The van der Waals surface area contributed by atoms with Crippen LogP contribution in [-0.4, -0.2) is 37.9 Å². The van der Waals surface area contributed by atoms with Crippen LogP contribution in [0.15, 0.2) is 76.7 Å². The Morgan fingerprint density at radius 1 is 1.03 bits per heavy atom. The van der Waals surface area contributed by atoms with Crippen molar-refractivity contribution in [2.45, 2.75) is 25.5 Å². The molecule has 0 bridgehead atoms. The molecule has 0 aliphatic rings. The van der Waals surface area contributed by atoms with E-state index in [1.54, 1.807) is 17.7 Å². The van der Waals surface area contributed by atoms with E-state index in [1.165, 1.54) is 11.8 Å². The summed E-state index contributed by atoms with van der Waals surface area (Å²) in [5.74, 6) is 1.17. The van der Waals surface area contributed by atoms with E-state index in [2.05, 4.69) is 15.5 Å². The number of benzene rings is 3. The number of nitrogens with one attached hydrogen (secondary N) is 1. The lowest BCUT2D eigenvalue weighted by Gasteiger charge is -2.14. The first-order valence-electron chi connectivity index (χ1n) is 11.4. The van der Waals surface area contributed by atoms with Crippen molar-refractivity contribution >= 4 is 34.3 Å². The molecule has 1 amide bonds. The Morgan fingerprint density at radius 2 is 1.86 bits per heavy atom. The number of fused-ring (bicyclic) bond motifs is 3. The predicted molar refractivity (Wildman–Crippen MR) is 141 cm³/mol. The summed E-state index contributed by atoms with van der Waals surface area (Å²) in [4.78, 5) is 26.2. The van der Waals surface area contributed by atoms with Gasteiger partial charge >= 0.3 is 0 Å². The number of carbonyl (C=O) groups excluding carboxylic acids is 1. The van der Waals surface area contributed by atoms with Gasteiger partial charge in [-0.25, -0.2) is 4.57 Å². The van der Waals surface area contributed by atoms with Gasteiger partial charge in [-0.2, -0.15) is 0 Å². The molecule has 0 saturated heterocycles. The monoisotopic (exact) mass is 499 g/mol. The summed E-state index contributed by atoms with van der Waals surface area (Å²) >= 11 is 1.28. The molecule has 36 heavy (non-hydrogen) atoms. The Bertz CT molecular complexity index is 1660. The maximum absolute atomic E-state index is 13.5. The molecule has 0 spiro atoms. The number of para-hydroxylation sites is 1. The molecule has 0 unspecified atom stereocenters. The van der Waals surface area contributed by atoms with E-state index in [1.807, 2.05) is 78.9 Å². The van der Waals surface area contributed by atoms with Crippen molar-refractivity contribution in [3.05, 3.63) is 93.8 Å². The third-order valence-electron chi connectivity index (χ3n) is 5.96. The highest BCUT2D eigenvalue weighted by Crippen LogP contribution is 2.24. The number of thioether (sulfide) groups is 1. The third kappa shape index (κ3) is 4.45. The summed E-state index contributed by atoms with van der Waals surface area (Å²) in [5.41, 5.74) is 4.24. The molecule has 0 aliphatic carbocycles. The van der Waals surface area contributed by atoms with E-state index in [4.69, 9.17) is 4.74 Å². The number of rotatable bonds is 7. The zero-order chi connectivity index (χ0) is 25.2. The van der Waals surface area contributed by atoms with Crippen LogP contribution in [-0.2, 0) is 11.3 Å². The molecule has 0 saturated carbocycles. The van der Waals surface area contributed by atoms with Crippen LogP contribution in [0.3, 0.4) is 0 Å². The number of hydrogen-bond donors (Lipinski definition) is 1.